The van der Waals surface area contributed by atoms with Gasteiger partial charge in [0.05, 0.1) is 0 Å². The minimum atomic E-state index is -3.37. The molecule has 0 radical (unpaired) electrons. The van der Waals surface area contributed by atoms with Crippen LogP contribution in [0.2, 0.25) is 0 Å². The minimum absolute atomic E-state index is 0.0976. The van der Waals surface area contributed by atoms with Crippen LogP contribution in [0.25, 0.3) is 20.2 Å². The third-order valence-corrected chi connectivity index (χ3v) is 7.50. The van der Waals surface area contributed by atoms with Gasteiger partial charge in [0.15, 0.2) is 0 Å². The van der Waals surface area contributed by atoms with Crippen LogP contribution in [-0.4, -0.2) is 31.1 Å². The predicted octanol–water partition coefficient (Wildman–Crippen LogP) is 4.08. The fourth-order valence-corrected chi connectivity index (χ4v) is 5.22. The van der Waals surface area contributed by atoms with Crippen LogP contribution in [0.4, 0.5) is 0 Å². The maximum absolute atomic E-state index is 12.3. The summed E-state index contributed by atoms with van der Waals surface area (Å²) in [6.07, 6.45) is -0.0976. The summed E-state index contributed by atoms with van der Waals surface area (Å²) in [6.45, 7) is 0. The monoisotopic (exact) mass is 342 g/mol. The van der Waals surface area contributed by atoms with Gasteiger partial charge in [0.1, 0.15) is 0 Å². The number of ketones is 1. The average Bonchev–Trinajstić information content (AvgIpc) is 3.12. The number of hydrogen-bond acceptors (Lipinski definition) is 6. The number of Topliss-reactive ketones (excluding diaryl/α,β-unsaturated/α-hetero) is 1. The molecular weight excluding hydrogens is 327 g/mol. The van der Waals surface area contributed by atoms with Crippen molar-refractivity contribution in [2.75, 3.05) is 20.4 Å². The molecule has 0 amide bonds. The van der Waals surface area contributed by atoms with E-state index in [0.29, 0.717) is 4.88 Å². The summed E-state index contributed by atoms with van der Waals surface area (Å²) >= 11 is 3.12. The predicted molar refractivity (Wildman–Crippen MR) is 91.0 cm³/mol. The Morgan fingerprint density at radius 3 is 2.62 bits per heavy atom. The van der Waals surface area contributed by atoms with Crippen molar-refractivity contribution in [3.63, 3.8) is 0 Å². The molecular formula is C14H15O4PS2. The molecule has 0 saturated heterocycles. The number of hydrogen-bond donors (Lipinski definition) is 1. The molecule has 0 spiro atoms. The van der Waals surface area contributed by atoms with Crippen LogP contribution in [-0.2, 0) is 9.05 Å². The maximum atomic E-state index is 12.3. The number of carbonyl (C=O) groups excluding carboxylic acids is 1. The molecule has 112 valence electrons. The Balaban J connectivity index is 1.99. The number of benzene rings is 1. The molecule has 1 aromatic carbocycles. The molecule has 0 aliphatic rings. The first-order valence-corrected chi connectivity index (χ1v) is 9.98. The van der Waals surface area contributed by atoms with Gasteiger partial charge < -0.3 is 0 Å². The van der Waals surface area contributed by atoms with Gasteiger partial charge >= 0.3 is 130 Å². The molecule has 2 aromatic heterocycles. The van der Waals surface area contributed by atoms with Crippen LogP contribution in [0.15, 0.2) is 29.6 Å². The molecule has 2 heterocycles. The first kappa shape index (κ1) is 15.0. The van der Waals surface area contributed by atoms with Crippen molar-refractivity contribution in [1.82, 2.24) is 0 Å². The molecule has 0 aliphatic heterocycles. The normalized spacial score (nSPS) is 13.1. The van der Waals surface area contributed by atoms with Crippen molar-refractivity contribution in [2.45, 2.75) is 0 Å². The van der Waals surface area contributed by atoms with E-state index in [2.05, 4.69) is 12.1 Å². The number of carbonyl (C=O) groups is 1. The van der Waals surface area contributed by atoms with E-state index in [9.17, 15) is 9.69 Å². The van der Waals surface area contributed by atoms with Crippen molar-refractivity contribution in [1.29, 1.82) is 0 Å². The Kier molecular flexibility index (Phi) is 4.10. The van der Waals surface area contributed by atoms with Gasteiger partial charge in [-0.25, -0.2) is 0 Å². The van der Waals surface area contributed by atoms with Crippen molar-refractivity contribution < 1.29 is 18.7 Å². The second kappa shape index (κ2) is 5.72. The summed E-state index contributed by atoms with van der Waals surface area (Å²) in [5, 5.41) is 4.30. The molecule has 3 aromatic rings. The van der Waals surface area contributed by atoms with Crippen molar-refractivity contribution in [3.8, 4) is 0 Å². The Labute approximate surface area is 130 Å². The first-order valence-electron chi connectivity index (χ1n) is 6.32. The second-order valence-electron chi connectivity index (χ2n) is 4.64. The standard InChI is InChI=1S/C14H15O4PS2/c1-17-19(16,18-2)8-11(15)14-7-10-9-5-6-20-12(9)3-4-13(10)21-14/h3-7,16,19H,8H2,1-2H3. The molecule has 0 aliphatic carbocycles. The Hall–Kier alpha value is -0.880. The van der Waals surface area contributed by atoms with Crippen molar-refractivity contribution in [3.05, 3.63) is 34.5 Å². The molecule has 0 fully saturated rings. The second-order valence-corrected chi connectivity index (χ2v) is 9.27. The van der Waals surface area contributed by atoms with Crippen molar-refractivity contribution in [2.24, 2.45) is 0 Å². The van der Waals surface area contributed by atoms with Gasteiger partial charge in [-0.15, -0.1) is 0 Å². The van der Waals surface area contributed by atoms with E-state index in [4.69, 9.17) is 9.05 Å². The molecule has 0 unspecified atom stereocenters. The molecule has 3 rings (SSSR count). The van der Waals surface area contributed by atoms with E-state index in [0.717, 1.165) is 10.1 Å². The molecule has 7 heteroatoms. The SMILES string of the molecule is CO[PH](O)(CC(=O)c1cc2c(ccc3sccc32)s1)OC. The van der Waals surface area contributed by atoms with E-state index in [1.54, 1.807) is 11.3 Å². The fraction of sp³-hybridized carbons (Fsp3) is 0.214. The van der Waals surface area contributed by atoms with Crippen LogP contribution in [0.5, 0.6) is 0 Å². The van der Waals surface area contributed by atoms with Crippen LogP contribution in [0.1, 0.15) is 9.67 Å². The Morgan fingerprint density at radius 1 is 1.19 bits per heavy atom. The summed E-state index contributed by atoms with van der Waals surface area (Å²) in [4.78, 5) is 23.0. The van der Waals surface area contributed by atoms with E-state index in [-0.39, 0.29) is 11.9 Å². The summed E-state index contributed by atoms with van der Waals surface area (Å²) in [5.41, 5.74) is 0. The average molecular weight is 342 g/mol. The van der Waals surface area contributed by atoms with Gasteiger partial charge in [-0.3, -0.25) is 0 Å². The summed E-state index contributed by atoms with van der Waals surface area (Å²) in [7, 11) is -0.646. The van der Waals surface area contributed by atoms with E-state index in [1.807, 2.05) is 17.5 Å². The van der Waals surface area contributed by atoms with E-state index >= 15 is 0 Å². The topological polar surface area (TPSA) is 55.8 Å². The zero-order valence-corrected chi connectivity index (χ0v) is 14.2. The number of rotatable bonds is 5. The summed E-state index contributed by atoms with van der Waals surface area (Å²) in [5.74, 6) is -0.141. The Bertz CT molecular complexity index is 804. The van der Waals surface area contributed by atoms with Crippen LogP contribution in [0.3, 0.4) is 0 Å². The fourth-order valence-electron chi connectivity index (χ4n) is 2.22. The van der Waals surface area contributed by atoms with Gasteiger partial charge in [-0.05, 0) is 0 Å². The first-order chi connectivity index (χ1) is 10.1. The van der Waals surface area contributed by atoms with Crippen LogP contribution >= 0.6 is 30.6 Å². The third-order valence-electron chi connectivity index (χ3n) is 3.43. The quantitative estimate of drug-likeness (QED) is 0.561. The molecule has 0 atom stereocenters. The van der Waals surface area contributed by atoms with Gasteiger partial charge in [-0.2, -0.15) is 0 Å². The molecule has 0 bridgehead atoms. The molecule has 4 nitrogen and oxygen atoms in total. The Morgan fingerprint density at radius 2 is 1.90 bits per heavy atom. The van der Waals surface area contributed by atoms with Gasteiger partial charge in [0.25, 0.3) is 0 Å². The van der Waals surface area contributed by atoms with Gasteiger partial charge in [0.2, 0.25) is 0 Å². The number of fused-ring (bicyclic) bond motifs is 3. The number of thiophene rings is 2. The van der Waals surface area contributed by atoms with Gasteiger partial charge in [0, 0.05) is 0 Å². The molecule has 0 saturated carbocycles. The summed E-state index contributed by atoms with van der Waals surface area (Å²) < 4.78 is 12.2. The summed E-state index contributed by atoms with van der Waals surface area (Å²) in [6, 6.07) is 8.07. The zero-order valence-electron chi connectivity index (χ0n) is 11.6. The van der Waals surface area contributed by atoms with Crippen LogP contribution in [0, 0.1) is 0 Å². The van der Waals surface area contributed by atoms with Crippen LogP contribution < -0.4 is 0 Å². The van der Waals surface area contributed by atoms with E-state index in [1.165, 1.54) is 35.6 Å². The zero-order chi connectivity index (χ0) is 15.0. The molecule has 21 heavy (non-hydrogen) atoms. The molecule has 1 N–H and O–H groups in total. The van der Waals surface area contributed by atoms with Gasteiger partial charge in [-0.1, -0.05) is 0 Å². The third kappa shape index (κ3) is 2.75. The van der Waals surface area contributed by atoms with E-state index < -0.39 is 7.94 Å². The van der Waals surface area contributed by atoms with Crippen molar-refractivity contribution >= 4 is 56.6 Å².